The van der Waals surface area contributed by atoms with Gasteiger partial charge in [-0.3, -0.25) is 24.3 Å². The minimum absolute atomic E-state index is 0.0254. The number of aryl methyl sites for hydroxylation is 1. The summed E-state index contributed by atoms with van der Waals surface area (Å²) in [4.78, 5) is 67.1. The van der Waals surface area contributed by atoms with Gasteiger partial charge in [-0.05, 0) is 105 Å². The number of hydrogen-bond acceptors (Lipinski definition) is 13. The molecule has 3 amide bonds. The Morgan fingerprint density at radius 3 is 2.36 bits per heavy atom. The normalized spacial score (nSPS) is 20.1. The van der Waals surface area contributed by atoms with Gasteiger partial charge in [0.25, 0.3) is 0 Å². The number of nitrogens with one attached hydrogen (secondary N) is 3. The number of anilines is 1. The van der Waals surface area contributed by atoms with Gasteiger partial charge in [0.1, 0.15) is 46.8 Å². The molecule has 2 bridgehead atoms. The lowest BCUT2D eigenvalue weighted by Crippen LogP contribution is -2.57. The Kier molecular flexibility index (Phi) is 17.3. The molecule has 18 heteroatoms. The van der Waals surface area contributed by atoms with Gasteiger partial charge in [-0.1, -0.05) is 89.1 Å². The maximum atomic E-state index is 17.1. The van der Waals surface area contributed by atoms with Gasteiger partial charge in [0, 0.05) is 68.4 Å². The molecule has 0 saturated carbocycles. The van der Waals surface area contributed by atoms with E-state index in [0.29, 0.717) is 55.6 Å². The summed E-state index contributed by atoms with van der Waals surface area (Å²) in [6, 6.07) is 12.7. The predicted octanol–water partition coefficient (Wildman–Crippen LogP) is 10.2. The van der Waals surface area contributed by atoms with Crippen LogP contribution in [0.25, 0.3) is 43.4 Å². The number of ether oxygens (including phenoxy) is 1. The SMILES string of the molecule is C#Cc1c(F)ccc2cc(O)cc(-c3ncc4c(N5CC6CCC(C5)N6)nc(OC5CCN(CCCCCCCCCC(=O)NC(C(=O)N6CCC[C@H]6C(=O)N[C@@H](C)c6ccc(-c7scnc7C)cc6)C(C)(C)C)C5)nc4c3F)c12. The summed E-state index contributed by atoms with van der Waals surface area (Å²) in [5.74, 6) is 0.902. The first-order chi connectivity index (χ1) is 38.5. The number of phenolic OH excluding ortho intramolecular Hbond substituents is 1. The van der Waals surface area contributed by atoms with Crippen molar-refractivity contribution in [2.24, 2.45) is 5.41 Å². The highest BCUT2D eigenvalue weighted by molar-refractivity contribution is 7.13. The number of piperazine rings is 1. The van der Waals surface area contributed by atoms with Crippen LogP contribution >= 0.6 is 11.3 Å². The minimum Gasteiger partial charge on any atom is -0.508 e. The number of pyridine rings is 1. The Morgan fingerprint density at radius 1 is 0.912 bits per heavy atom. The fraction of sp³-hybridized carbons (Fsp3) is 0.500. The lowest BCUT2D eigenvalue weighted by molar-refractivity contribution is -0.144. The molecule has 7 heterocycles. The van der Waals surface area contributed by atoms with E-state index < -0.39 is 29.1 Å². The van der Waals surface area contributed by atoms with Crippen molar-refractivity contribution < 1.29 is 33.0 Å². The molecule has 0 aliphatic carbocycles. The van der Waals surface area contributed by atoms with Crippen molar-refractivity contribution in [1.29, 1.82) is 0 Å². The maximum Gasteiger partial charge on any atom is 0.319 e. The van der Waals surface area contributed by atoms with Crippen LogP contribution in [0.5, 0.6) is 11.8 Å². The molecule has 4 aliphatic rings. The zero-order chi connectivity index (χ0) is 56.2. The van der Waals surface area contributed by atoms with Crippen molar-refractivity contribution in [2.75, 3.05) is 44.2 Å². The molecule has 4 fully saturated rings. The molecular weight excluding hydrogens is 1030 g/mol. The van der Waals surface area contributed by atoms with Crippen LogP contribution in [0.1, 0.15) is 134 Å². The van der Waals surface area contributed by atoms with E-state index in [4.69, 9.17) is 16.1 Å². The number of carbonyl (C=O) groups is 3. The number of unbranched alkanes of at least 4 members (excludes halogenated alkanes) is 6. The minimum atomic E-state index is -0.757. The lowest BCUT2D eigenvalue weighted by Gasteiger charge is -2.35. The van der Waals surface area contributed by atoms with Crippen LogP contribution in [-0.2, 0) is 14.4 Å². The number of thiazole rings is 1. The van der Waals surface area contributed by atoms with Crippen LogP contribution in [0.15, 0.2) is 60.2 Å². The molecular formula is C62H74F2N10O5S. The number of aromatic nitrogens is 4. The zero-order valence-corrected chi connectivity index (χ0v) is 47.4. The Morgan fingerprint density at radius 2 is 1.65 bits per heavy atom. The summed E-state index contributed by atoms with van der Waals surface area (Å²) >= 11 is 1.60. The summed E-state index contributed by atoms with van der Waals surface area (Å²) in [6.45, 7) is 14.1. The second kappa shape index (κ2) is 24.5. The Hall–Kier alpha value is -6.81. The van der Waals surface area contributed by atoms with E-state index in [1.54, 1.807) is 22.4 Å². The lowest BCUT2D eigenvalue weighted by atomic mass is 9.85. The number of phenols is 1. The van der Waals surface area contributed by atoms with Crippen LogP contribution in [-0.4, -0.2) is 122 Å². The summed E-state index contributed by atoms with van der Waals surface area (Å²) < 4.78 is 38.6. The number of terminal acetylenes is 1. The van der Waals surface area contributed by atoms with Crippen molar-refractivity contribution in [2.45, 2.75) is 154 Å². The largest absolute Gasteiger partial charge is 0.508 e. The van der Waals surface area contributed by atoms with Crippen LogP contribution in [0.4, 0.5) is 14.6 Å². The first kappa shape index (κ1) is 56.5. The van der Waals surface area contributed by atoms with Gasteiger partial charge in [0.2, 0.25) is 17.7 Å². The third kappa shape index (κ3) is 12.5. The fourth-order valence-corrected chi connectivity index (χ4v) is 13.0. The molecule has 6 atom stereocenters. The number of carbonyl (C=O) groups excluding carboxylic acids is 3. The number of likely N-dealkylation sites (tertiary alicyclic amines) is 2. The molecule has 422 valence electrons. The predicted molar refractivity (Wildman–Crippen MR) is 309 cm³/mol. The van der Waals surface area contributed by atoms with E-state index in [2.05, 4.69) is 58.8 Å². The van der Waals surface area contributed by atoms with Crippen molar-refractivity contribution >= 4 is 56.6 Å². The van der Waals surface area contributed by atoms with Crippen LogP contribution < -0.4 is 25.6 Å². The molecule has 0 radical (unpaired) electrons. The molecule has 4 N–H and O–H groups in total. The van der Waals surface area contributed by atoms with Crippen molar-refractivity contribution in [1.82, 2.24) is 45.7 Å². The molecule has 6 aromatic rings. The molecule has 4 aliphatic heterocycles. The van der Waals surface area contributed by atoms with Gasteiger partial charge < -0.3 is 35.6 Å². The van der Waals surface area contributed by atoms with Gasteiger partial charge in [0.15, 0.2) is 5.82 Å². The van der Waals surface area contributed by atoms with E-state index in [1.807, 2.05) is 52.3 Å². The number of hydrogen-bond donors (Lipinski definition) is 4. The monoisotopic (exact) mass is 1110 g/mol. The van der Waals surface area contributed by atoms with Crippen molar-refractivity contribution in [3.63, 3.8) is 0 Å². The van der Waals surface area contributed by atoms with E-state index in [9.17, 15) is 19.5 Å². The van der Waals surface area contributed by atoms with Gasteiger partial charge in [-0.2, -0.15) is 9.97 Å². The van der Waals surface area contributed by atoms with Crippen molar-refractivity contribution in [3.8, 4) is 45.8 Å². The third-order valence-electron chi connectivity index (χ3n) is 16.5. The molecule has 4 saturated heterocycles. The van der Waals surface area contributed by atoms with Crippen LogP contribution in [0.3, 0.4) is 0 Å². The molecule has 80 heavy (non-hydrogen) atoms. The average molecular weight is 1110 g/mol. The Balaban J connectivity index is 0.673. The first-order valence-corrected chi connectivity index (χ1v) is 29.5. The summed E-state index contributed by atoms with van der Waals surface area (Å²) in [7, 11) is 0. The number of rotatable bonds is 20. The standard InChI is InChI=1S/C62H74F2N10O5S/c1-7-46-49(63)25-22-41-30-44(75)31-47(52(41)46)54-53(64)55-48(32-65-54)58(73-33-42-23-24-43(34-73)68-42)71-61(70-55)79-45-26-29-72(35-45)27-14-12-10-8-9-11-13-17-51(76)69-57(62(4,5)6)60(78)74-28-15-16-50(74)59(77)67-37(2)39-18-20-40(21-19-39)56-38(3)66-36-80-56/h1,18-22,25,30-32,36-37,42-43,45,50,57,68,75H,8-17,23-24,26-29,33-35H2,2-6H3,(H,67,77)(H,69,76)/t37-,42?,43?,45?,50-,57?/m0/s1. The highest BCUT2D eigenvalue weighted by Gasteiger charge is 2.42. The van der Waals surface area contributed by atoms with E-state index >= 15 is 8.78 Å². The number of fused-ring (bicyclic) bond motifs is 4. The second-order valence-corrected chi connectivity index (χ2v) is 24.3. The average Bonchev–Trinajstić information content (AvgIpc) is 4.06. The topological polar surface area (TPSA) is 178 Å². The summed E-state index contributed by atoms with van der Waals surface area (Å²) in [6.07, 6.45) is 18.6. The molecule has 3 aromatic heterocycles. The Labute approximate surface area is 471 Å². The van der Waals surface area contributed by atoms with Crippen LogP contribution in [0.2, 0.25) is 0 Å². The Bertz CT molecular complexity index is 3280. The van der Waals surface area contributed by atoms with Gasteiger partial charge in [-0.25, -0.2) is 13.8 Å². The zero-order valence-electron chi connectivity index (χ0n) is 46.6. The van der Waals surface area contributed by atoms with Crippen molar-refractivity contribution in [3.05, 3.63) is 88.7 Å². The van der Waals surface area contributed by atoms with E-state index in [1.165, 1.54) is 24.3 Å². The molecule has 10 rings (SSSR count). The number of nitrogens with zero attached hydrogens (tertiary/aromatic N) is 7. The quantitative estimate of drug-likeness (QED) is 0.0421. The second-order valence-electron chi connectivity index (χ2n) is 23.4. The number of amides is 3. The van der Waals surface area contributed by atoms with Gasteiger partial charge in [0.05, 0.1) is 33.1 Å². The smallest absolute Gasteiger partial charge is 0.319 e. The van der Waals surface area contributed by atoms with E-state index in [-0.39, 0.29) is 81.4 Å². The van der Waals surface area contributed by atoms with Gasteiger partial charge >= 0.3 is 6.01 Å². The summed E-state index contributed by atoms with van der Waals surface area (Å²) in [5.41, 5.74) is 4.36. The maximum absolute atomic E-state index is 17.1. The number of benzene rings is 3. The first-order valence-electron chi connectivity index (χ1n) is 28.6. The third-order valence-corrected chi connectivity index (χ3v) is 17.5. The highest BCUT2D eigenvalue weighted by Crippen LogP contribution is 2.40. The molecule has 15 nitrogen and oxygen atoms in total. The fourth-order valence-electron chi connectivity index (χ4n) is 12.2. The van der Waals surface area contributed by atoms with Crippen LogP contribution in [0, 0.1) is 36.3 Å². The highest BCUT2D eigenvalue weighted by atomic mass is 32.1. The number of aromatic hydroxyl groups is 1. The molecule has 3 aromatic carbocycles. The van der Waals surface area contributed by atoms with E-state index in [0.717, 1.165) is 105 Å². The summed E-state index contributed by atoms with van der Waals surface area (Å²) in [5, 5.41) is 21.7. The van der Waals surface area contributed by atoms with Gasteiger partial charge in [-0.15, -0.1) is 17.8 Å². The molecule has 4 unspecified atom stereocenters. The number of halogens is 2. The molecule has 0 spiro atoms.